The van der Waals surface area contributed by atoms with Crippen molar-refractivity contribution in [3.8, 4) is 0 Å². The lowest BCUT2D eigenvalue weighted by molar-refractivity contribution is 0.186. The van der Waals surface area contributed by atoms with Gasteiger partial charge in [-0.05, 0) is 33.6 Å². The fourth-order valence-electron chi connectivity index (χ4n) is 1.62. The Morgan fingerprint density at radius 1 is 1.29 bits per heavy atom. The third kappa shape index (κ3) is 4.94. The highest BCUT2D eigenvalue weighted by molar-refractivity contribution is 4.85. The van der Waals surface area contributed by atoms with Crippen molar-refractivity contribution in [3.63, 3.8) is 0 Å². The first kappa shape index (κ1) is 12.0. The summed E-state index contributed by atoms with van der Waals surface area (Å²) in [5.41, 5.74) is 0.203. The Morgan fingerprint density at radius 3 is 2.36 bits per heavy atom. The van der Waals surface area contributed by atoms with E-state index in [4.69, 9.17) is 5.11 Å². The van der Waals surface area contributed by atoms with Crippen LogP contribution in [-0.4, -0.2) is 47.8 Å². The molecule has 1 fully saturated rings. The number of hydrogen-bond acceptors (Lipinski definition) is 3. The zero-order valence-electron chi connectivity index (χ0n) is 9.71. The number of hydrogen-bond donors (Lipinski definition) is 2. The maximum atomic E-state index is 8.91. The second-order valence-electron chi connectivity index (χ2n) is 5.17. The van der Waals surface area contributed by atoms with Crippen molar-refractivity contribution in [2.45, 2.75) is 45.2 Å². The Hall–Kier alpha value is -0.120. The summed E-state index contributed by atoms with van der Waals surface area (Å²) in [6.45, 7) is 9.73. The Balaban J connectivity index is 2.13. The SMILES string of the molecule is CC(C)(C)NCCN(CCO)C1CC1. The van der Waals surface area contributed by atoms with Gasteiger partial charge in [0, 0.05) is 31.2 Å². The van der Waals surface area contributed by atoms with E-state index < -0.39 is 0 Å². The first-order valence-electron chi connectivity index (χ1n) is 5.63. The minimum Gasteiger partial charge on any atom is -0.395 e. The molecular weight excluding hydrogens is 176 g/mol. The van der Waals surface area contributed by atoms with Gasteiger partial charge >= 0.3 is 0 Å². The molecule has 1 aliphatic carbocycles. The van der Waals surface area contributed by atoms with Crippen LogP contribution in [0.5, 0.6) is 0 Å². The summed E-state index contributed by atoms with van der Waals surface area (Å²) in [7, 11) is 0. The molecule has 0 aromatic rings. The predicted octanol–water partition coefficient (Wildman–Crippen LogP) is 0.831. The number of nitrogens with one attached hydrogen (secondary N) is 1. The number of aliphatic hydroxyl groups excluding tert-OH is 1. The van der Waals surface area contributed by atoms with E-state index in [1.807, 2.05) is 0 Å². The molecule has 0 heterocycles. The summed E-state index contributed by atoms with van der Waals surface area (Å²) >= 11 is 0. The van der Waals surface area contributed by atoms with Crippen molar-refractivity contribution >= 4 is 0 Å². The lowest BCUT2D eigenvalue weighted by Gasteiger charge is -2.25. The van der Waals surface area contributed by atoms with Crippen LogP contribution in [0.1, 0.15) is 33.6 Å². The van der Waals surface area contributed by atoms with Gasteiger partial charge in [-0.15, -0.1) is 0 Å². The lowest BCUT2D eigenvalue weighted by Crippen LogP contribution is -2.42. The fourth-order valence-corrected chi connectivity index (χ4v) is 1.62. The molecule has 3 nitrogen and oxygen atoms in total. The van der Waals surface area contributed by atoms with Crippen molar-refractivity contribution in [3.05, 3.63) is 0 Å². The molecule has 3 heteroatoms. The van der Waals surface area contributed by atoms with E-state index in [9.17, 15) is 0 Å². The smallest absolute Gasteiger partial charge is 0.0558 e. The largest absolute Gasteiger partial charge is 0.395 e. The highest BCUT2D eigenvalue weighted by Crippen LogP contribution is 2.25. The van der Waals surface area contributed by atoms with E-state index in [1.165, 1.54) is 12.8 Å². The molecule has 0 atom stereocenters. The summed E-state index contributed by atoms with van der Waals surface area (Å²) < 4.78 is 0. The molecular formula is C11H24N2O. The Bertz CT molecular complexity index is 161. The van der Waals surface area contributed by atoms with Crippen molar-refractivity contribution in [1.82, 2.24) is 10.2 Å². The zero-order chi connectivity index (χ0) is 10.6. The molecule has 2 N–H and O–H groups in total. The van der Waals surface area contributed by atoms with Crippen LogP contribution >= 0.6 is 0 Å². The second-order valence-corrected chi connectivity index (χ2v) is 5.17. The fraction of sp³-hybridized carbons (Fsp3) is 1.00. The van der Waals surface area contributed by atoms with E-state index in [-0.39, 0.29) is 12.1 Å². The molecule has 0 bridgehead atoms. The van der Waals surface area contributed by atoms with Gasteiger partial charge in [-0.3, -0.25) is 4.90 Å². The average Bonchev–Trinajstić information content (AvgIpc) is 2.83. The zero-order valence-corrected chi connectivity index (χ0v) is 9.71. The van der Waals surface area contributed by atoms with Crippen molar-refractivity contribution < 1.29 is 5.11 Å². The monoisotopic (exact) mass is 200 g/mol. The molecule has 1 aliphatic rings. The van der Waals surface area contributed by atoms with E-state index in [2.05, 4.69) is 31.0 Å². The maximum absolute atomic E-state index is 8.91. The summed E-state index contributed by atoms with van der Waals surface area (Å²) in [6.07, 6.45) is 2.63. The highest BCUT2D eigenvalue weighted by Gasteiger charge is 2.28. The van der Waals surface area contributed by atoms with E-state index >= 15 is 0 Å². The van der Waals surface area contributed by atoms with Gasteiger partial charge in [-0.1, -0.05) is 0 Å². The molecule has 1 saturated carbocycles. The summed E-state index contributed by atoms with van der Waals surface area (Å²) in [4.78, 5) is 2.39. The molecule has 0 unspecified atom stereocenters. The van der Waals surface area contributed by atoms with Crippen LogP contribution in [0.3, 0.4) is 0 Å². The summed E-state index contributed by atoms with van der Waals surface area (Å²) in [5.74, 6) is 0. The van der Waals surface area contributed by atoms with Crippen molar-refractivity contribution in [2.75, 3.05) is 26.2 Å². The normalized spacial score (nSPS) is 17.8. The third-order valence-corrected chi connectivity index (χ3v) is 2.50. The Labute approximate surface area is 87.5 Å². The molecule has 0 saturated heterocycles. The standard InChI is InChI=1S/C11H24N2O/c1-11(2,3)12-6-7-13(8-9-14)10-4-5-10/h10,12,14H,4-9H2,1-3H3. The molecule has 0 aromatic heterocycles. The predicted molar refractivity (Wildman–Crippen MR) is 59.4 cm³/mol. The molecule has 0 spiro atoms. The van der Waals surface area contributed by atoms with Crippen LogP contribution in [-0.2, 0) is 0 Å². The van der Waals surface area contributed by atoms with Crippen LogP contribution in [0.2, 0.25) is 0 Å². The molecule has 0 radical (unpaired) electrons. The molecule has 14 heavy (non-hydrogen) atoms. The number of aliphatic hydroxyl groups is 1. The first-order chi connectivity index (χ1) is 6.53. The highest BCUT2D eigenvalue weighted by atomic mass is 16.3. The van der Waals surface area contributed by atoms with Crippen LogP contribution in [0, 0.1) is 0 Å². The van der Waals surface area contributed by atoms with Gasteiger partial charge in [0.15, 0.2) is 0 Å². The molecule has 0 amide bonds. The van der Waals surface area contributed by atoms with Gasteiger partial charge < -0.3 is 10.4 Å². The second kappa shape index (κ2) is 5.10. The van der Waals surface area contributed by atoms with Crippen LogP contribution in [0.15, 0.2) is 0 Å². The third-order valence-electron chi connectivity index (χ3n) is 2.50. The minimum atomic E-state index is 0.203. The average molecular weight is 200 g/mol. The van der Waals surface area contributed by atoms with Crippen LogP contribution in [0.4, 0.5) is 0 Å². The van der Waals surface area contributed by atoms with Crippen LogP contribution < -0.4 is 5.32 Å². The van der Waals surface area contributed by atoms with Gasteiger partial charge in [0.25, 0.3) is 0 Å². The topological polar surface area (TPSA) is 35.5 Å². The van der Waals surface area contributed by atoms with Crippen LogP contribution in [0.25, 0.3) is 0 Å². The Kier molecular flexibility index (Phi) is 4.35. The number of nitrogens with zero attached hydrogens (tertiary/aromatic N) is 1. The van der Waals surface area contributed by atoms with Gasteiger partial charge in [-0.2, -0.15) is 0 Å². The minimum absolute atomic E-state index is 0.203. The molecule has 0 aromatic carbocycles. The quantitative estimate of drug-likeness (QED) is 0.667. The summed E-state index contributed by atoms with van der Waals surface area (Å²) in [5, 5.41) is 12.4. The van der Waals surface area contributed by atoms with E-state index in [1.54, 1.807) is 0 Å². The first-order valence-corrected chi connectivity index (χ1v) is 5.63. The summed E-state index contributed by atoms with van der Waals surface area (Å²) in [6, 6.07) is 0.754. The maximum Gasteiger partial charge on any atom is 0.0558 e. The number of rotatable bonds is 6. The molecule has 1 rings (SSSR count). The van der Waals surface area contributed by atoms with Gasteiger partial charge in [0.1, 0.15) is 0 Å². The Morgan fingerprint density at radius 2 is 1.93 bits per heavy atom. The molecule has 84 valence electrons. The van der Waals surface area contributed by atoms with Gasteiger partial charge in [0.2, 0.25) is 0 Å². The van der Waals surface area contributed by atoms with Gasteiger partial charge in [-0.25, -0.2) is 0 Å². The van der Waals surface area contributed by atoms with E-state index in [0.717, 1.165) is 25.7 Å². The van der Waals surface area contributed by atoms with E-state index in [0.29, 0.717) is 0 Å². The lowest BCUT2D eigenvalue weighted by atomic mass is 10.1. The molecule has 0 aliphatic heterocycles. The van der Waals surface area contributed by atoms with Crippen molar-refractivity contribution in [2.24, 2.45) is 0 Å². The van der Waals surface area contributed by atoms with Gasteiger partial charge in [0.05, 0.1) is 6.61 Å². The van der Waals surface area contributed by atoms with Crippen molar-refractivity contribution in [1.29, 1.82) is 0 Å².